The lowest BCUT2D eigenvalue weighted by Gasteiger charge is -2.16. The lowest BCUT2D eigenvalue weighted by atomic mass is 10.0. The van der Waals surface area contributed by atoms with Crippen LogP contribution >= 0.6 is 15.9 Å². The van der Waals surface area contributed by atoms with Crippen LogP contribution in [0.15, 0.2) is 34.8 Å². The molecular formula is C17H18BrNO2. The Morgan fingerprint density at radius 3 is 2.71 bits per heavy atom. The van der Waals surface area contributed by atoms with Gasteiger partial charge in [-0.25, -0.2) is 0 Å². The van der Waals surface area contributed by atoms with E-state index in [4.69, 9.17) is 4.74 Å². The summed E-state index contributed by atoms with van der Waals surface area (Å²) in [6.07, 6.45) is 4.54. The first kappa shape index (κ1) is 14.4. The molecule has 0 radical (unpaired) electrons. The van der Waals surface area contributed by atoms with E-state index < -0.39 is 0 Å². The smallest absolute Gasteiger partial charge is 0.255 e. The summed E-state index contributed by atoms with van der Waals surface area (Å²) in [5.74, 6) is 0.550. The molecule has 110 valence electrons. The molecule has 0 spiro atoms. The Morgan fingerprint density at radius 2 is 2.00 bits per heavy atom. The molecule has 0 bridgehead atoms. The van der Waals surface area contributed by atoms with Crippen LogP contribution in [-0.4, -0.2) is 19.1 Å². The topological polar surface area (TPSA) is 38.3 Å². The molecular weight excluding hydrogens is 330 g/mol. The second-order valence-electron chi connectivity index (χ2n) is 5.45. The zero-order chi connectivity index (χ0) is 14.8. The molecule has 2 aromatic rings. The van der Waals surface area contributed by atoms with Crippen LogP contribution in [0.4, 0.5) is 0 Å². The monoisotopic (exact) mass is 347 g/mol. The van der Waals surface area contributed by atoms with E-state index in [1.807, 2.05) is 30.3 Å². The Morgan fingerprint density at radius 1 is 1.29 bits per heavy atom. The summed E-state index contributed by atoms with van der Waals surface area (Å²) >= 11 is 3.57. The minimum absolute atomic E-state index is 0.0507. The number of nitrogens with one attached hydrogen (secondary N) is 1. The number of amides is 1. The van der Waals surface area contributed by atoms with Crippen molar-refractivity contribution in [3.63, 3.8) is 0 Å². The van der Waals surface area contributed by atoms with Gasteiger partial charge in [0.05, 0.1) is 17.1 Å². The number of halogens is 1. The van der Waals surface area contributed by atoms with Gasteiger partial charge >= 0.3 is 0 Å². The van der Waals surface area contributed by atoms with E-state index in [1.54, 1.807) is 7.11 Å². The SMILES string of the molecule is COc1c(C(=O)NC2CCCC2)cc2ccccc2c1Br. The molecule has 0 aliphatic heterocycles. The third-order valence-corrected chi connectivity index (χ3v) is 4.87. The summed E-state index contributed by atoms with van der Waals surface area (Å²) in [6.45, 7) is 0. The van der Waals surface area contributed by atoms with Gasteiger partial charge in [0.1, 0.15) is 5.75 Å². The Labute approximate surface area is 132 Å². The van der Waals surface area contributed by atoms with E-state index in [2.05, 4.69) is 21.2 Å². The fourth-order valence-electron chi connectivity index (χ4n) is 2.99. The van der Waals surface area contributed by atoms with Crippen molar-refractivity contribution in [2.75, 3.05) is 7.11 Å². The Hall–Kier alpha value is -1.55. The summed E-state index contributed by atoms with van der Waals surface area (Å²) in [6, 6.07) is 10.2. The van der Waals surface area contributed by atoms with Gasteiger partial charge in [-0.15, -0.1) is 0 Å². The number of benzene rings is 2. The Balaban J connectivity index is 2.01. The highest BCUT2D eigenvalue weighted by Crippen LogP contribution is 2.36. The van der Waals surface area contributed by atoms with Crippen molar-refractivity contribution in [1.82, 2.24) is 5.32 Å². The van der Waals surface area contributed by atoms with Gasteiger partial charge in [0.25, 0.3) is 5.91 Å². The zero-order valence-corrected chi connectivity index (χ0v) is 13.6. The molecule has 0 saturated heterocycles. The molecule has 3 rings (SSSR count). The number of hydrogen-bond acceptors (Lipinski definition) is 2. The van der Waals surface area contributed by atoms with Crippen LogP contribution in [0.25, 0.3) is 10.8 Å². The van der Waals surface area contributed by atoms with Crippen molar-refractivity contribution in [3.8, 4) is 5.75 Å². The zero-order valence-electron chi connectivity index (χ0n) is 12.0. The van der Waals surface area contributed by atoms with Crippen LogP contribution in [0.5, 0.6) is 5.75 Å². The summed E-state index contributed by atoms with van der Waals surface area (Å²) in [5, 5.41) is 5.20. The van der Waals surface area contributed by atoms with E-state index in [0.29, 0.717) is 17.4 Å². The van der Waals surface area contributed by atoms with Gasteiger partial charge in [-0.2, -0.15) is 0 Å². The van der Waals surface area contributed by atoms with E-state index in [-0.39, 0.29) is 5.91 Å². The molecule has 1 N–H and O–H groups in total. The molecule has 1 fully saturated rings. The number of rotatable bonds is 3. The second kappa shape index (κ2) is 6.06. The lowest BCUT2D eigenvalue weighted by molar-refractivity contribution is 0.0935. The van der Waals surface area contributed by atoms with Crippen molar-refractivity contribution in [2.24, 2.45) is 0 Å². The van der Waals surface area contributed by atoms with Crippen LogP contribution in [0.3, 0.4) is 0 Å². The van der Waals surface area contributed by atoms with Crippen molar-refractivity contribution >= 4 is 32.6 Å². The fourth-order valence-corrected chi connectivity index (χ4v) is 3.72. The molecule has 4 heteroatoms. The summed E-state index contributed by atoms with van der Waals surface area (Å²) in [7, 11) is 1.60. The van der Waals surface area contributed by atoms with Gasteiger partial charge < -0.3 is 10.1 Å². The largest absolute Gasteiger partial charge is 0.495 e. The Kier molecular flexibility index (Phi) is 4.15. The van der Waals surface area contributed by atoms with Crippen molar-refractivity contribution in [2.45, 2.75) is 31.7 Å². The molecule has 1 aliphatic rings. The van der Waals surface area contributed by atoms with E-state index in [1.165, 1.54) is 12.8 Å². The van der Waals surface area contributed by atoms with Gasteiger partial charge in [0, 0.05) is 6.04 Å². The lowest BCUT2D eigenvalue weighted by Crippen LogP contribution is -2.32. The number of methoxy groups -OCH3 is 1. The van der Waals surface area contributed by atoms with Crippen molar-refractivity contribution < 1.29 is 9.53 Å². The number of fused-ring (bicyclic) bond motifs is 1. The van der Waals surface area contributed by atoms with E-state index in [0.717, 1.165) is 28.1 Å². The molecule has 2 aromatic carbocycles. The van der Waals surface area contributed by atoms with Crippen LogP contribution in [0.2, 0.25) is 0 Å². The van der Waals surface area contributed by atoms with Crippen LogP contribution < -0.4 is 10.1 Å². The third kappa shape index (κ3) is 2.77. The van der Waals surface area contributed by atoms with Crippen LogP contribution in [0.1, 0.15) is 36.0 Å². The maximum atomic E-state index is 12.6. The van der Waals surface area contributed by atoms with Crippen LogP contribution in [-0.2, 0) is 0 Å². The van der Waals surface area contributed by atoms with E-state index in [9.17, 15) is 4.79 Å². The molecule has 1 amide bonds. The Bertz CT molecular complexity index is 678. The summed E-state index contributed by atoms with van der Waals surface area (Å²) < 4.78 is 6.30. The molecule has 3 nitrogen and oxygen atoms in total. The van der Waals surface area contributed by atoms with Gasteiger partial charge in [0.15, 0.2) is 0 Å². The highest BCUT2D eigenvalue weighted by Gasteiger charge is 2.22. The second-order valence-corrected chi connectivity index (χ2v) is 6.24. The normalized spacial score (nSPS) is 15.3. The maximum absolute atomic E-state index is 12.6. The minimum atomic E-state index is -0.0507. The predicted molar refractivity (Wildman–Crippen MR) is 87.9 cm³/mol. The number of carbonyl (C=O) groups is 1. The van der Waals surface area contributed by atoms with Gasteiger partial charge in [-0.1, -0.05) is 37.1 Å². The molecule has 1 saturated carbocycles. The van der Waals surface area contributed by atoms with Gasteiger partial charge in [-0.3, -0.25) is 4.79 Å². The third-order valence-electron chi connectivity index (χ3n) is 4.08. The average molecular weight is 348 g/mol. The number of carbonyl (C=O) groups excluding carboxylic acids is 1. The number of ether oxygens (including phenoxy) is 1. The first-order valence-electron chi connectivity index (χ1n) is 7.27. The van der Waals surface area contributed by atoms with Crippen LogP contribution in [0, 0.1) is 0 Å². The summed E-state index contributed by atoms with van der Waals surface area (Å²) in [4.78, 5) is 12.6. The van der Waals surface area contributed by atoms with Gasteiger partial charge in [-0.05, 0) is 45.6 Å². The predicted octanol–water partition coefficient (Wildman–Crippen LogP) is 4.28. The van der Waals surface area contributed by atoms with Gasteiger partial charge in [0.2, 0.25) is 0 Å². The van der Waals surface area contributed by atoms with E-state index >= 15 is 0 Å². The highest BCUT2D eigenvalue weighted by molar-refractivity contribution is 9.10. The number of hydrogen-bond donors (Lipinski definition) is 1. The highest BCUT2D eigenvalue weighted by atomic mass is 79.9. The molecule has 0 heterocycles. The maximum Gasteiger partial charge on any atom is 0.255 e. The quantitative estimate of drug-likeness (QED) is 0.899. The van der Waals surface area contributed by atoms with Crippen molar-refractivity contribution in [1.29, 1.82) is 0 Å². The first-order valence-corrected chi connectivity index (χ1v) is 8.06. The fraction of sp³-hybridized carbons (Fsp3) is 0.353. The molecule has 1 aliphatic carbocycles. The molecule has 0 aromatic heterocycles. The molecule has 0 unspecified atom stereocenters. The summed E-state index contributed by atoms with van der Waals surface area (Å²) in [5.41, 5.74) is 0.593. The standard InChI is InChI=1S/C17H18BrNO2/c1-21-16-14(17(20)19-12-7-3-4-8-12)10-11-6-2-5-9-13(11)15(16)18/h2,5-6,9-10,12H,3-4,7-8H2,1H3,(H,19,20). The van der Waals surface area contributed by atoms with Crippen molar-refractivity contribution in [3.05, 3.63) is 40.4 Å². The minimum Gasteiger partial charge on any atom is -0.495 e. The molecule has 21 heavy (non-hydrogen) atoms. The molecule has 0 atom stereocenters. The first-order chi connectivity index (χ1) is 10.2. The average Bonchev–Trinajstić information content (AvgIpc) is 3.00.